The predicted octanol–water partition coefficient (Wildman–Crippen LogP) is 3.82. The Kier molecular flexibility index (Phi) is 8.93. The number of hydrogen-bond acceptors (Lipinski definition) is 6. The van der Waals surface area contributed by atoms with Crippen molar-refractivity contribution in [2.45, 2.75) is 31.3 Å². The van der Waals surface area contributed by atoms with Crippen molar-refractivity contribution in [2.24, 2.45) is 5.92 Å². The van der Waals surface area contributed by atoms with Crippen LogP contribution in [0.25, 0.3) is 0 Å². The average molecular weight is 549 g/mol. The summed E-state index contributed by atoms with van der Waals surface area (Å²) in [5, 5.41) is 14.7. The predicted molar refractivity (Wildman–Crippen MR) is 139 cm³/mol. The number of amides is 1. The molecule has 1 amide bonds. The Morgan fingerprint density at radius 2 is 1.82 bits per heavy atom. The Morgan fingerprint density at radius 3 is 2.53 bits per heavy atom. The lowest BCUT2D eigenvalue weighted by molar-refractivity contribution is -0.135. The van der Waals surface area contributed by atoms with Crippen LogP contribution in [0, 0.1) is 5.92 Å². The molecule has 1 aromatic carbocycles. The fourth-order valence-electron chi connectivity index (χ4n) is 5.36. The molecule has 2 N–H and O–H groups in total. The van der Waals surface area contributed by atoms with Crippen LogP contribution in [0.4, 0.5) is 5.82 Å². The number of nitrogens with one attached hydrogen (secondary N) is 1. The molecule has 1 aromatic heterocycles. The monoisotopic (exact) mass is 547 g/mol. The first kappa shape index (κ1) is 27.2. The third kappa shape index (κ3) is 4.97. The van der Waals surface area contributed by atoms with E-state index in [9.17, 15) is 9.90 Å². The standard InChI is InChI=1S/C23H27Cl2N5O2.2ClH/c1-13-8-19(31)21-20(13)22(28-12-27-21)29-4-6-30(7-5-29)23(32)16-11-26-10-15(16)14-2-3-17(24)18(25)9-14;;/h2-3,9,12-13,15-16,19,26,31H,4-8,10-11H2,1H3;2*1H/t13-,15+,16-,19-;;/m1../s1. The minimum Gasteiger partial charge on any atom is -0.387 e. The summed E-state index contributed by atoms with van der Waals surface area (Å²) in [4.78, 5) is 26.5. The van der Waals surface area contributed by atoms with Crippen molar-refractivity contribution in [3.8, 4) is 0 Å². The normalized spacial score (nSPS) is 26.0. The van der Waals surface area contributed by atoms with Gasteiger partial charge in [-0.2, -0.15) is 0 Å². The van der Waals surface area contributed by atoms with Crippen molar-refractivity contribution in [3.63, 3.8) is 0 Å². The topological polar surface area (TPSA) is 81.6 Å². The van der Waals surface area contributed by atoms with E-state index in [1.54, 1.807) is 12.4 Å². The number of aliphatic hydroxyl groups is 1. The molecule has 0 saturated carbocycles. The first-order valence-electron chi connectivity index (χ1n) is 11.2. The zero-order valence-corrected chi connectivity index (χ0v) is 21.9. The van der Waals surface area contributed by atoms with Crippen molar-refractivity contribution < 1.29 is 9.90 Å². The number of halogens is 4. The van der Waals surface area contributed by atoms with Gasteiger partial charge in [-0.1, -0.05) is 36.2 Å². The number of nitrogens with zero attached hydrogens (tertiary/aromatic N) is 4. The van der Waals surface area contributed by atoms with Crippen molar-refractivity contribution in [3.05, 3.63) is 51.4 Å². The summed E-state index contributed by atoms with van der Waals surface area (Å²) in [7, 11) is 0. The smallest absolute Gasteiger partial charge is 0.227 e. The molecule has 3 heterocycles. The van der Waals surface area contributed by atoms with E-state index in [-0.39, 0.29) is 48.5 Å². The lowest BCUT2D eigenvalue weighted by Crippen LogP contribution is -2.51. The molecule has 0 bridgehead atoms. The highest BCUT2D eigenvalue weighted by molar-refractivity contribution is 6.42. The molecule has 1 aliphatic carbocycles. The molecular weight excluding hydrogens is 520 g/mol. The summed E-state index contributed by atoms with van der Waals surface area (Å²) in [6.07, 6.45) is 1.71. The quantitative estimate of drug-likeness (QED) is 0.607. The van der Waals surface area contributed by atoms with E-state index in [0.717, 1.165) is 42.3 Å². The van der Waals surface area contributed by atoms with Gasteiger partial charge in [0.05, 0.1) is 27.8 Å². The molecule has 2 fully saturated rings. The maximum Gasteiger partial charge on any atom is 0.227 e. The Balaban J connectivity index is 0.00000162. The first-order chi connectivity index (χ1) is 15.4. The zero-order valence-electron chi connectivity index (χ0n) is 18.8. The highest BCUT2D eigenvalue weighted by Gasteiger charge is 2.38. The van der Waals surface area contributed by atoms with Crippen LogP contribution in [0.3, 0.4) is 0 Å². The number of aliphatic hydroxyl groups excluding tert-OH is 1. The van der Waals surface area contributed by atoms with Gasteiger partial charge < -0.3 is 20.2 Å². The number of anilines is 1. The van der Waals surface area contributed by atoms with Gasteiger partial charge in [0, 0.05) is 50.7 Å². The summed E-state index contributed by atoms with van der Waals surface area (Å²) in [6, 6.07) is 5.65. The highest BCUT2D eigenvalue weighted by atomic mass is 35.5. The second kappa shape index (κ2) is 11.1. The molecule has 0 radical (unpaired) electrons. The number of benzene rings is 1. The lowest BCUT2D eigenvalue weighted by atomic mass is 9.88. The van der Waals surface area contributed by atoms with Gasteiger partial charge in [-0.3, -0.25) is 4.79 Å². The van der Waals surface area contributed by atoms with Gasteiger partial charge in [-0.15, -0.1) is 24.8 Å². The Labute approximate surface area is 222 Å². The molecule has 3 aliphatic rings. The number of piperazine rings is 1. The Hall–Kier alpha value is -1.35. The van der Waals surface area contributed by atoms with E-state index in [1.165, 1.54) is 0 Å². The van der Waals surface area contributed by atoms with Gasteiger partial charge in [-0.05, 0) is 30.0 Å². The fourth-order valence-corrected chi connectivity index (χ4v) is 5.67. The molecule has 0 unspecified atom stereocenters. The van der Waals surface area contributed by atoms with Gasteiger partial charge in [0.15, 0.2) is 0 Å². The van der Waals surface area contributed by atoms with Crippen LogP contribution in [0.15, 0.2) is 24.5 Å². The number of hydrogen-bond donors (Lipinski definition) is 2. The van der Waals surface area contributed by atoms with Crippen LogP contribution in [-0.2, 0) is 4.79 Å². The third-order valence-corrected chi connectivity index (χ3v) is 7.81. The van der Waals surface area contributed by atoms with Crippen LogP contribution < -0.4 is 10.2 Å². The molecule has 0 spiro atoms. The van der Waals surface area contributed by atoms with Crippen molar-refractivity contribution >= 4 is 59.7 Å². The van der Waals surface area contributed by atoms with Gasteiger partial charge in [0.1, 0.15) is 12.1 Å². The summed E-state index contributed by atoms with van der Waals surface area (Å²) in [5.74, 6) is 1.29. The third-order valence-electron chi connectivity index (χ3n) is 7.07. The summed E-state index contributed by atoms with van der Waals surface area (Å²) < 4.78 is 0. The molecular formula is C23H29Cl4N5O2. The average Bonchev–Trinajstić information content (AvgIpc) is 3.40. The second-order valence-electron chi connectivity index (χ2n) is 9.01. The molecule has 34 heavy (non-hydrogen) atoms. The molecule has 2 aromatic rings. The number of carbonyl (C=O) groups excluding carboxylic acids is 1. The van der Waals surface area contributed by atoms with Crippen molar-refractivity contribution in [1.82, 2.24) is 20.2 Å². The minimum atomic E-state index is -0.516. The molecule has 2 saturated heterocycles. The van der Waals surface area contributed by atoms with Crippen LogP contribution in [0.1, 0.15) is 48.1 Å². The van der Waals surface area contributed by atoms with E-state index in [0.29, 0.717) is 36.1 Å². The van der Waals surface area contributed by atoms with Crippen molar-refractivity contribution in [2.75, 3.05) is 44.2 Å². The van der Waals surface area contributed by atoms with E-state index in [4.69, 9.17) is 23.2 Å². The molecule has 7 nitrogen and oxygen atoms in total. The highest BCUT2D eigenvalue weighted by Crippen LogP contribution is 2.43. The lowest BCUT2D eigenvalue weighted by Gasteiger charge is -2.38. The first-order valence-corrected chi connectivity index (χ1v) is 11.9. The zero-order chi connectivity index (χ0) is 22.4. The summed E-state index contributed by atoms with van der Waals surface area (Å²) in [6.45, 7) is 6.27. The van der Waals surface area contributed by atoms with E-state index in [1.807, 2.05) is 17.0 Å². The number of fused-ring (bicyclic) bond motifs is 1. The second-order valence-corrected chi connectivity index (χ2v) is 9.82. The van der Waals surface area contributed by atoms with Crippen LogP contribution in [0.5, 0.6) is 0 Å². The SMILES string of the molecule is C[C@@H]1C[C@@H](O)c2ncnc(N3CCN(C(=O)[C@@H]4CNC[C@H]4c4ccc(Cl)c(Cl)c4)CC3)c21.Cl.Cl. The van der Waals surface area contributed by atoms with Gasteiger partial charge >= 0.3 is 0 Å². The fraction of sp³-hybridized carbons (Fsp3) is 0.522. The minimum absolute atomic E-state index is 0. The number of rotatable bonds is 3. The summed E-state index contributed by atoms with van der Waals surface area (Å²) in [5.41, 5.74) is 2.85. The molecule has 5 rings (SSSR count). The molecule has 186 valence electrons. The van der Waals surface area contributed by atoms with E-state index >= 15 is 0 Å². The summed E-state index contributed by atoms with van der Waals surface area (Å²) >= 11 is 12.3. The van der Waals surface area contributed by atoms with E-state index in [2.05, 4.69) is 27.1 Å². The van der Waals surface area contributed by atoms with Crippen LogP contribution in [-0.4, -0.2) is 65.2 Å². The molecule has 4 atom stereocenters. The maximum absolute atomic E-state index is 13.4. The van der Waals surface area contributed by atoms with Crippen LogP contribution >= 0.6 is 48.0 Å². The van der Waals surface area contributed by atoms with Gasteiger partial charge in [0.2, 0.25) is 5.91 Å². The molecule has 2 aliphatic heterocycles. The largest absolute Gasteiger partial charge is 0.387 e. The number of aromatic nitrogens is 2. The van der Waals surface area contributed by atoms with Gasteiger partial charge in [-0.25, -0.2) is 9.97 Å². The maximum atomic E-state index is 13.4. The van der Waals surface area contributed by atoms with Gasteiger partial charge in [0.25, 0.3) is 0 Å². The Bertz CT molecular complexity index is 1030. The Morgan fingerprint density at radius 1 is 1.09 bits per heavy atom. The van der Waals surface area contributed by atoms with E-state index < -0.39 is 6.10 Å². The van der Waals surface area contributed by atoms with Crippen molar-refractivity contribution in [1.29, 1.82) is 0 Å². The molecule has 11 heteroatoms. The number of carbonyl (C=O) groups is 1. The van der Waals surface area contributed by atoms with Crippen LogP contribution in [0.2, 0.25) is 10.0 Å².